The molecule has 3 aromatic rings. The topological polar surface area (TPSA) is 54.6 Å². The summed E-state index contributed by atoms with van der Waals surface area (Å²) in [7, 11) is 1.65. The van der Waals surface area contributed by atoms with Crippen LogP contribution in [0.4, 0.5) is 0 Å². The number of hydrogen-bond acceptors (Lipinski definition) is 3. The molecule has 1 aliphatic heterocycles. The first kappa shape index (κ1) is 24.7. The summed E-state index contributed by atoms with van der Waals surface area (Å²) < 4.78 is 11.3. The number of aromatic amines is 1. The highest BCUT2D eigenvalue weighted by atomic mass is 35.5. The second-order valence-electron chi connectivity index (χ2n) is 8.68. The van der Waals surface area contributed by atoms with Gasteiger partial charge in [-0.3, -0.25) is 4.79 Å². The number of aryl methyl sites for hydroxylation is 1. The van der Waals surface area contributed by atoms with Crippen LogP contribution in [0.2, 0.25) is 5.02 Å². The SMILES string of the molecule is C=C/C=C\C=C(/C)OC(C)C(=O)N1CCCc2c([nH]c3ccc(Cl)cc23)C1c1ccc(OC)cc1. The van der Waals surface area contributed by atoms with Crippen LogP contribution in [0.3, 0.4) is 0 Å². The minimum absolute atomic E-state index is 0.0594. The fraction of sp³-hybridized carbons (Fsp3) is 0.276. The van der Waals surface area contributed by atoms with E-state index in [1.54, 1.807) is 20.1 Å². The van der Waals surface area contributed by atoms with Crippen molar-refractivity contribution in [2.45, 2.75) is 38.8 Å². The van der Waals surface area contributed by atoms with E-state index in [4.69, 9.17) is 21.1 Å². The normalized spacial score (nSPS) is 17.2. The Balaban J connectivity index is 1.75. The molecule has 0 fully saturated rings. The Labute approximate surface area is 211 Å². The molecule has 2 atom stereocenters. The molecule has 2 unspecified atom stereocenters. The van der Waals surface area contributed by atoms with Gasteiger partial charge in [-0.05, 0) is 74.2 Å². The van der Waals surface area contributed by atoms with Gasteiger partial charge in [0.25, 0.3) is 5.91 Å². The molecule has 2 heterocycles. The molecule has 4 rings (SSSR count). The minimum atomic E-state index is -0.635. The molecule has 1 amide bonds. The van der Waals surface area contributed by atoms with Gasteiger partial charge in [0.05, 0.1) is 18.9 Å². The standard InChI is InChI=1S/C29H31ClN2O3/c1-5-6-7-9-19(2)35-20(3)29(33)32-17-8-10-24-25-18-22(30)13-16-26(25)31-27(24)28(32)21-11-14-23(34-4)15-12-21/h5-7,9,11-16,18,20,28,31H,1,8,10,17H2,2-4H3/b7-6-,19-9+. The second-order valence-corrected chi connectivity index (χ2v) is 9.11. The third kappa shape index (κ3) is 5.30. The lowest BCUT2D eigenvalue weighted by Crippen LogP contribution is -2.42. The summed E-state index contributed by atoms with van der Waals surface area (Å²) >= 11 is 6.34. The van der Waals surface area contributed by atoms with Crippen molar-refractivity contribution in [3.8, 4) is 5.75 Å². The Bertz CT molecular complexity index is 1270. The van der Waals surface area contributed by atoms with E-state index >= 15 is 0 Å². The average molecular weight is 491 g/mol. The van der Waals surface area contributed by atoms with E-state index in [9.17, 15) is 4.79 Å². The molecule has 182 valence electrons. The molecule has 5 nitrogen and oxygen atoms in total. The van der Waals surface area contributed by atoms with Gasteiger partial charge in [0.1, 0.15) is 5.75 Å². The molecule has 0 radical (unpaired) electrons. The van der Waals surface area contributed by atoms with E-state index in [0.717, 1.165) is 40.8 Å². The number of halogens is 1. The predicted molar refractivity (Wildman–Crippen MR) is 142 cm³/mol. The summed E-state index contributed by atoms with van der Waals surface area (Å²) in [6.07, 6.45) is 8.24. The first-order valence-electron chi connectivity index (χ1n) is 11.8. The van der Waals surface area contributed by atoms with Crippen LogP contribution in [0.5, 0.6) is 5.75 Å². The Morgan fingerprint density at radius 2 is 2.00 bits per heavy atom. The second kappa shape index (κ2) is 10.9. The zero-order valence-electron chi connectivity index (χ0n) is 20.4. The highest BCUT2D eigenvalue weighted by molar-refractivity contribution is 6.31. The third-order valence-electron chi connectivity index (χ3n) is 6.32. The van der Waals surface area contributed by atoms with E-state index in [-0.39, 0.29) is 11.9 Å². The van der Waals surface area contributed by atoms with Gasteiger partial charge in [-0.15, -0.1) is 0 Å². The predicted octanol–water partition coefficient (Wildman–Crippen LogP) is 6.75. The van der Waals surface area contributed by atoms with Crippen LogP contribution in [0.25, 0.3) is 10.9 Å². The zero-order chi connectivity index (χ0) is 24.9. The maximum Gasteiger partial charge on any atom is 0.264 e. The van der Waals surface area contributed by atoms with E-state index in [1.807, 2.05) is 72.5 Å². The van der Waals surface area contributed by atoms with E-state index in [2.05, 4.69) is 11.6 Å². The van der Waals surface area contributed by atoms with Crippen LogP contribution in [-0.4, -0.2) is 35.5 Å². The van der Waals surface area contributed by atoms with Gasteiger partial charge < -0.3 is 19.4 Å². The van der Waals surface area contributed by atoms with Crippen LogP contribution < -0.4 is 4.74 Å². The van der Waals surface area contributed by atoms with E-state index in [1.165, 1.54) is 5.56 Å². The maximum absolute atomic E-state index is 13.8. The van der Waals surface area contributed by atoms with Crippen molar-refractivity contribution < 1.29 is 14.3 Å². The largest absolute Gasteiger partial charge is 0.497 e. The van der Waals surface area contributed by atoms with Crippen LogP contribution in [0, 0.1) is 0 Å². The lowest BCUT2D eigenvalue weighted by Gasteiger charge is -2.33. The van der Waals surface area contributed by atoms with Gasteiger partial charge in [-0.25, -0.2) is 0 Å². The Morgan fingerprint density at radius 1 is 1.23 bits per heavy atom. The lowest BCUT2D eigenvalue weighted by molar-refractivity contribution is -0.142. The highest BCUT2D eigenvalue weighted by Crippen LogP contribution is 2.39. The van der Waals surface area contributed by atoms with Gasteiger partial charge in [0, 0.05) is 28.2 Å². The number of amides is 1. The molecular formula is C29H31ClN2O3. The number of carbonyl (C=O) groups is 1. The number of benzene rings is 2. The van der Waals surface area contributed by atoms with Crippen molar-refractivity contribution in [1.29, 1.82) is 0 Å². The molecule has 6 heteroatoms. The number of aromatic nitrogens is 1. The molecule has 0 saturated carbocycles. The number of rotatable bonds is 7. The monoisotopic (exact) mass is 490 g/mol. The number of nitrogens with one attached hydrogen (secondary N) is 1. The fourth-order valence-corrected chi connectivity index (χ4v) is 4.87. The van der Waals surface area contributed by atoms with E-state index in [0.29, 0.717) is 17.3 Å². The van der Waals surface area contributed by atoms with Crippen LogP contribution in [-0.2, 0) is 16.0 Å². The lowest BCUT2D eigenvalue weighted by atomic mass is 9.97. The first-order chi connectivity index (χ1) is 16.9. The van der Waals surface area contributed by atoms with Crippen molar-refractivity contribution in [2.24, 2.45) is 0 Å². The van der Waals surface area contributed by atoms with Crippen molar-refractivity contribution in [3.63, 3.8) is 0 Å². The quantitative estimate of drug-likeness (QED) is 0.294. The van der Waals surface area contributed by atoms with Crippen molar-refractivity contribution in [2.75, 3.05) is 13.7 Å². The van der Waals surface area contributed by atoms with Crippen LogP contribution in [0.1, 0.15) is 43.1 Å². The van der Waals surface area contributed by atoms with Gasteiger partial charge in [-0.1, -0.05) is 48.5 Å². The van der Waals surface area contributed by atoms with E-state index < -0.39 is 6.10 Å². The maximum atomic E-state index is 13.8. The minimum Gasteiger partial charge on any atom is -0.497 e. The zero-order valence-corrected chi connectivity index (χ0v) is 21.1. The molecule has 0 spiro atoms. The van der Waals surface area contributed by atoms with Crippen LogP contribution >= 0.6 is 11.6 Å². The first-order valence-corrected chi connectivity index (χ1v) is 12.2. The summed E-state index contributed by atoms with van der Waals surface area (Å²) in [6.45, 7) is 7.94. The summed E-state index contributed by atoms with van der Waals surface area (Å²) in [5, 5.41) is 1.81. The van der Waals surface area contributed by atoms with Crippen molar-refractivity contribution in [1.82, 2.24) is 9.88 Å². The summed E-state index contributed by atoms with van der Waals surface area (Å²) in [5.41, 5.74) is 4.25. The summed E-state index contributed by atoms with van der Waals surface area (Å²) in [6, 6.07) is 13.5. The number of methoxy groups -OCH3 is 1. The molecule has 1 N–H and O–H groups in total. The molecule has 1 aliphatic rings. The molecule has 35 heavy (non-hydrogen) atoms. The average Bonchev–Trinajstić information content (AvgIpc) is 3.09. The number of ether oxygens (including phenoxy) is 2. The summed E-state index contributed by atoms with van der Waals surface area (Å²) in [4.78, 5) is 19.3. The van der Waals surface area contributed by atoms with Gasteiger partial charge in [0.15, 0.2) is 6.10 Å². The molecule has 1 aromatic heterocycles. The molecule has 0 saturated heterocycles. The molecule has 0 bridgehead atoms. The molecule has 0 aliphatic carbocycles. The van der Waals surface area contributed by atoms with Crippen LogP contribution in [0.15, 0.2) is 79.1 Å². The Kier molecular flexibility index (Phi) is 7.67. The summed E-state index contributed by atoms with van der Waals surface area (Å²) in [5.74, 6) is 1.38. The Morgan fingerprint density at radius 3 is 2.71 bits per heavy atom. The number of H-pyrrole nitrogens is 1. The number of carbonyl (C=O) groups excluding carboxylic acids is 1. The molecular weight excluding hydrogens is 460 g/mol. The number of allylic oxidation sites excluding steroid dienone is 5. The van der Waals surface area contributed by atoms with Gasteiger partial charge in [-0.2, -0.15) is 0 Å². The molecule has 2 aromatic carbocycles. The van der Waals surface area contributed by atoms with Gasteiger partial charge >= 0.3 is 0 Å². The number of fused-ring (bicyclic) bond motifs is 3. The van der Waals surface area contributed by atoms with Crippen molar-refractivity contribution >= 4 is 28.4 Å². The smallest absolute Gasteiger partial charge is 0.264 e. The van der Waals surface area contributed by atoms with Gasteiger partial charge in [0.2, 0.25) is 0 Å². The fourth-order valence-electron chi connectivity index (χ4n) is 4.70. The third-order valence-corrected chi connectivity index (χ3v) is 6.55. The Hall–Kier alpha value is -3.44. The highest BCUT2D eigenvalue weighted by Gasteiger charge is 2.35. The number of nitrogens with zero attached hydrogens (tertiary/aromatic N) is 1. The van der Waals surface area contributed by atoms with Crippen molar-refractivity contribution in [3.05, 3.63) is 101 Å². The number of hydrogen-bond donors (Lipinski definition) is 1.